The van der Waals surface area contributed by atoms with Gasteiger partial charge in [-0.15, -0.1) is 0 Å². The van der Waals surface area contributed by atoms with Crippen molar-refractivity contribution in [2.24, 2.45) is 17.3 Å². The Morgan fingerprint density at radius 2 is 1.25 bits per heavy atom. The molecule has 0 aromatic heterocycles. The standard InChI is InChI=1S/C16H24O4/c1-16(2)12(19-14(17)10-5-3-6-10)9-13(16)20-15(18)11-7-4-8-11/h10-13H,3-9H2,1-2H3/t12-,13+. The Bertz CT molecular complexity index is 371. The maximum absolute atomic E-state index is 11.9. The van der Waals surface area contributed by atoms with Gasteiger partial charge in [0.2, 0.25) is 0 Å². The summed E-state index contributed by atoms with van der Waals surface area (Å²) >= 11 is 0. The Balaban J connectivity index is 1.48. The average molecular weight is 280 g/mol. The molecule has 0 radical (unpaired) electrons. The van der Waals surface area contributed by atoms with Gasteiger partial charge in [0.15, 0.2) is 0 Å². The molecular weight excluding hydrogens is 256 g/mol. The molecule has 4 nitrogen and oxygen atoms in total. The second kappa shape index (κ2) is 5.05. The summed E-state index contributed by atoms with van der Waals surface area (Å²) in [4.78, 5) is 23.8. The second-order valence-corrected chi connectivity index (χ2v) is 7.16. The Morgan fingerprint density at radius 3 is 1.50 bits per heavy atom. The molecule has 20 heavy (non-hydrogen) atoms. The van der Waals surface area contributed by atoms with Crippen molar-refractivity contribution in [1.82, 2.24) is 0 Å². The number of hydrogen-bond donors (Lipinski definition) is 0. The number of carbonyl (C=O) groups is 2. The van der Waals surface area contributed by atoms with Crippen molar-refractivity contribution in [1.29, 1.82) is 0 Å². The number of ether oxygens (including phenoxy) is 2. The normalized spacial score (nSPS) is 32.5. The molecule has 0 unspecified atom stereocenters. The van der Waals surface area contributed by atoms with Crippen molar-refractivity contribution in [3.8, 4) is 0 Å². The van der Waals surface area contributed by atoms with Crippen LogP contribution < -0.4 is 0 Å². The first-order valence-corrected chi connectivity index (χ1v) is 7.89. The minimum absolute atomic E-state index is 0.0573. The molecule has 3 saturated carbocycles. The Hall–Kier alpha value is -1.06. The van der Waals surface area contributed by atoms with Gasteiger partial charge in [-0.2, -0.15) is 0 Å². The van der Waals surface area contributed by atoms with Gasteiger partial charge in [-0.3, -0.25) is 9.59 Å². The Labute approximate surface area is 120 Å². The highest BCUT2D eigenvalue weighted by Gasteiger charge is 2.54. The van der Waals surface area contributed by atoms with E-state index in [0.717, 1.165) is 38.5 Å². The minimum atomic E-state index is -0.251. The van der Waals surface area contributed by atoms with Gasteiger partial charge in [0, 0.05) is 11.8 Å². The van der Waals surface area contributed by atoms with Crippen molar-refractivity contribution in [2.75, 3.05) is 0 Å². The summed E-state index contributed by atoms with van der Waals surface area (Å²) in [5, 5.41) is 0. The zero-order chi connectivity index (χ0) is 14.3. The molecule has 3 rings (SSSR count). The number of hydrogen-bond acceptors (Lipinski definition) is 4. The highest BCUT2D eigenvalue weighted by molar-refractivity contribution is 5.74. The van der Waals surface area contributed by atoms with E-state index in [4.69, 9.17) is 9.47 Å². The monoisotopic (exact) mass is 280 g/mol. The van der Waals surface area contributed by atoms with Crippen LogP contribution in [0, 0.1) is 17.3 Å². The van der Waals surface area contributed by atoms with Crippen LogP contribution in [0.25, 0.3) is 0 Å². The average Bonchev–Trinajstić information content (AvgIpc) is 2.22. The van der Waals surface area contributed by atoms with Crippen LogP contribution in [0.4, 0.5) is 0 Å². The molecule has 0 saturated heterocycles. The lowest BCUT2D eigenvalue weighted by Crippen LogP contribution is -2.57. The zero-order valence-electron chi connectivity index (χ0n) is 12.4. The summed E-state index contributed by atoms with van der Waals surface area (Å²) in [5.74, 6) is 0.112. The largest absolute Gasteiger partial charge is 0.461 e. The summed E-state index contributed by atoms with van der Waals surface area (Å²) in [5.41, 5.74) is -0.251. The molecule has 0 spiro atoms. The van der Waals surface area contributed by atoms with Crippen LogP contribution >= 0.6 is 0 Å². The van der Waals surface area contributed by atoms with E-state index in [1.165, 1.54) is 0 Å². The molecule has 3 aliphatic carbocycles. The maximum atomic E-state index is 11.9. The predicted octanol–water partition coefficient (Wildman–Crippen LogP) is 2.84. The van der Waals surface area contributed by atoms with Gasteiger partial charge in [0.1, 0.15) is 12.2 Å². The fraction of sp³-hybridized carbons (Fsp3) is 0.875. The maximum Gasteiger partial charge on any atom is 0.309 e. The number of esters is 2. The lowest BCUT2D eigenvalue weighted by atomic mass is 9.66. The molecule has 0 bridgehead atoms. The van der Waals surface area contributed by atoms with Crippen LogP contribution in [0.5, 0.6) is 0 Å². The summed E-state index contributed by atoms with van der Waals surface area (Å²) in [6.45, 7) is 4.04. The van der Waals surface area contributed by atoms with Gasteiger partial charge >= 0.3 is 11.9 Å². The smallest absolute Gasteiger partial charge is 0.309 e. The van der Waals surface area contributed by atoms with E-state index in [2.05, 4.69) is 0 Å². The topological polar surface area (TPSA) is 52.6 Å². The van der Waals surface area contributed by atoms with E-state index < -0.39 is 0 Å². The SMILES string of the molecule is CC1(C)[C@@H](OC(=O)C2CCC2)C[C@H]1OC(=O)C1CCC1. The van der Waals surface area contributed by atoms with E-state index >= 15 is 0 Å². The third-order valence-electron chi connectivity index (χ3n) is 5.48. The third-order valence-corrected chi connectivity index (χ3v) is 5.48. The van der Waals surface area contributed by atoms with Crippen molar-refractivity contribution >= 4 is 11.9 Å². The van der Waals surface area contributed by atoms with Crippen molar-refractivity contribution in [3.05, 3.63) is 0 Å². The van der Waals surface area contributed by atoms with E-state index in [1.807, 2.05) is 13.8 Å². The second-order valence-electron chi connectivity index (χ2n) is 7.16. The predicted molar refractivity (Wildman–Crippen MR) is 72.8 cm³/mol. The lowest BCUT2D eigenvalue weighted by molar-refractivity contribution is -0.213. The van der Waals surface area contributed by atoms with Gasteiger partial charge < -0.3 is 9.47 Å². The van der Waals surface area contributed by atoms with Crippen LogP contribution in [0.3, 0.4) is 0 Å². The molecule has 3 aliphatic rings. The molecule has 3 fully saturated rings. The fourth-order valence-electron chi connectivity index (χ4n) is 3.01. The zero-order valence-corrected chi connectivity index (χ0v) is 12.4. The Kier molecular flexibility index (Phi) is 3.51. The molecule has 0 aromatic rings. The molecular formula is C16H24O4. The van der Waals surface area contributed by atoms with Crippen LogP contribution in [0.2, 0.25) is 0 Å². The number of carbonyl (C=O) groups excluding carboxylic acids is 2. The molecule has 2 atom stereocenters. The van der Waals surface area contributed by atoms with E-state index in [0.29, 0.717) is 6.42 Å². The Morgan fingerprint density at radius 1 is 0.850 bits per heavy atom. The summed E-state index contributed by atoms with van der Waals surface area (Å²) in [7, 11) is 0. The van der Waals surface area contributed by atoms with Crippen molar-refractivity contribution in [2.45, 2.75) is 71.0 Å². The van der Waals surface area contributed by atoms with Crippen LogP contribution in [-0.2, 0) is 19.1 Å². The quantitative estimate of drug-likeness (QED) is 0.743. The van der Waals surface area contributed by atoms with Crippen molar-refractivity contribution < 1.29 is 19.1 Å². The third kappa shape index (κ3) is 2.33. The minimum Gasteiger partial charge on any atom is -0.461 e. The summed E-state index contributed by atoms with van der Waals surface area (Å²) < 4.78 is 11.2. The van der Waals surface area contributed by atoms with Gasteiger partial charge in [-0.1, -0.05) is 26.7 Å². The van der Waals surface area contributed by atoms with Crippen molar-refractivity contribution in [3.63, 3.8) is 0 Å². The summed E-state index contributed by atoms with van der Waals surface area (Å²) in [6.07, 6.45) is 6.58. The highest BCUT2D eigenvalue weighted by atomic mass is 16.6. The van der Waals surface area contributed by atoms with E-state index in [-0.39, 0.29) is 41.4 Å². The molecule has 0 aromatic carbocycles. The van der Waals surface area contributed by atoms with Gasteiger partial charge in [0.25, 0.3) is 0 Å². The molecule has 0 amide bonds. The molecule has 4 heteroatoms. The highest BCUT2D eigenvalue weighted by Crippen LogP contribution is 2.46. The van der Waals surface area contributed by atoms with Crippen LogP contribution in [0.1, 0.15) is 58.8 Å². The number of rotatable bonds is 4. The molecule has 0 aliphatic heterocycles. The first kappa shape index (κ1) is 13.9. The fourth-order valence-corrected chi connectivity index (χ4v) is 3.01. The first-order valence-electron chi connectivity index (χ1n) is 7.89. The van der Waals surface area contributed by atoms with Crippen LogP contribution in [-0.4, -0.2) is 24.1 Å². The molecule has 0 heterocycles. The van der Waals surface area contributed by atoms with E-state index in [9.17, 15) is 9.59 Å². The lowest BCUT2D eigenvalue weighted by Gasteiger charge is -2.50. The summed E-state index contributed by atoms with van der Waals surface area (Å²) in [6, 6.07) is 0. The van der Waals surface area contributed by atoms with Gasteiger partial charge in [0.05, 0.1) is 11.8 Å². The molecule has 112 valence electrons. The van der Waals surface area contributed by atoms with Crippen LogP contribution in [0.15, 0.2) is 0 Å². The van der Waals surface area contributed by atoms with Gasteiger partial charge in [-0.25, -0.2) is 0 Å². The van der Waals surface area contributed by atoms with Gasteiger partial charge in [-0.05, 0) is 25.7 Å². The first-order chi connectivity index (χ1) is 9.48. The molecule has 0 N–H and O–H groups in total. The van der Waals surface area contributed by atoms with E-state index in [1.54, 1.807) is 0 Å².